The van der Waals surface area contributed by atoms with Gasteiger partial charge < -0.3 is 10.1 Å². The maximum Gasteiger partial charge on any atom is 0.322 e. The lowest BCUT2D eigenvalue weighted by molar-refractivity contribution is 0.291. The van der Waals surface area contributed by atoms with Gasteiger partial charge in [0, 0.05) is 6.54 Å². The van der Waals surface area contributed by atoms with Gasteiger partial charge in [-0.05, 0) is 42.5 Å². The van der Waals surface area contributed by atoms with Crippen LogP contribution in [0.25, 0.3) is 0 Å². The first-order valence-corrected chi connectivity index (χ1v) is 7.39. The van der Waals surface area contributed by atoms with E-state index in [1.807, 2.05) is 19.1 Å². The standard InChI is InChI=1S/C15H19ClN4O/c1-3-10-21-15-19-13(16)18-14(20-15)17-9-8-12-7-5-4-6-11(12)2/h4-7H,3,8-10H2,1-2H3,(H,17,18,19,20). The Balaban J connectivity index is 1.93. The van der Waals surface area contributed by atoms with Gasteiger partial charge in [0.25, 0.3) is 0 Å². The summed E-state index contributed by atoms with van der Waals surface area (Å²) in [5, 5.41) is 3.29. The molecular weight excluding hydrogens is 288 g/mol. The molecule has 0 aliphatic rings. The highest BCUT2D eigenvalue weighted by Gasteiger charge is 2.06. The topological polar surface area (TPSA) is 59.9 Å². The average molecular weight is 307 g/mol. The van der Waals surface area contributed by atoms with Crippen LogP contribution in [0.3, 0.4) is 0 Å². The lowest BCUT2D eigenvalue weighted by Gasteiger charge is -2.08. The molecular formula is C15H19ClN4O. The van der Waals surface area contributed by atoms with E-state index in [1.165, 1.54) is 11.1 Å². The molecule has 0 saturated heterocycles. The molecule has 0 amide bonds. The fourth-order valence-electron chi connectivity index (χ4n) is 1.87. The second-order valence-corrected chi connectivity index (χ2v) is 5.00. The van der Waals surface area contributed by atoms with Gasteiger partial charge in [-0.25, -0.2) is 0 Å². The number of aromatic nitrogens is 3. The number of halogens is 1. The number of benzene rings is 1. The van der Waals surface area contributed by atoms with E-state index in [1.54, 1.807) is 0 Å². The number of anilines is 1. The second kappa shape index (κ2) is 7.78. The number of rotatable bonds is 7. The van der Waals surface area contributed by atoms with Crippen molar-refractivity contribution >= 4 is 17.5 Å². The third-order valence-electron chi connectivity index (χ3n) is 2.96. The molecule has 1 N–H and O–H groups in total. The number of hydrogen-bond donors (Lipinski definition) is 1. The summed E-state index contributed by atoms with van der Waals surface area (Å²) < 4.78 is 5.37. The SMILES string of the molecule is CCCOc1nc(Cl)nc(NCCc2ccccc2C)n1. The summed E-state index contributed by atoms with van der Waals surface area (Å²) in [6.07, 6.45) is 1.78. The minimum Gasteiger partial charge on any atom is -0.463 e. The monoisotopic (exact) mass is 306 g/mol. The minimum atomic E-state index is 0.134. The number of aryl methyl sites for hydroxylation is 1. The maximum atomic E-state index is 5.87. The van der Waals surface area contributed by atoms with Crippen molar-refractivity contribution in [1.82, 2.24) is 15.0 Å². The van der Waals surface area contributed by atoms with E-state index in [4.69, 9.17) is 16.3 Å². The van der Waals surface area contributed by atoms with Crippen molar-refractivity contribution in [2.24, 2.45) is 0 Å². The zero-order chi connectivity index (χ0) is 15.1. The van der Waals surface area contributed by atoms with Crippen LogP contribution in [-0.2, 0) is 6.42 Å². The van der Waals surface area contributed by atoms with Crippen LogP contribution >= 0.6 is 11.6 Å². The maximum absolute atomic E-state index is 5.87. The molecule has 1 heterocycles. The molecule has 1 aromatic heterocycles. The van der Waals surface area contributed by atoms with Gasteiger partial charge in [-0.1, -0.05) is 31.2 Å². The van der Waals surface area contributed by atoms with E-state index in [0.29, 0.717) is 12.6 Å². The molecule has 5 nitrogen and oxygen atoms in total. The Kier molecular flexibility index (Phi) is 5.75. The first-order chi connectivity index (χ1) is 10.2. The fraction of sp³-hybridized carbons (Fsp3) is 0.400. The number of ether oxygens (including phenoxy) is 1. The van der Waals surface area contributed by atoms with Crippen LogP contribution in [0.15, 0.2) is 24.3 Å². The van der Waals surface area contributed by atoms with Crippen molar-refractivity contribution in [2.45, 2.75) is 26.7 Å². The Hall–Kier alpha value is -1.88. The molecule has 0 aliphatic heterocycles. The van der Waals surface area contributed by atoms with E-state index in [-0.39, 0.29) is 11.3 Å². The molecule has 21 heavy (non-hydrogen) atoms. The van der Waals surface area contributed by atoms with Gasteiger partial charge in [-0.15, -0.1) is 0 Å². The van der Waals surface area contributed by atoms with Crippen LogP contribution in [-0.4, -0.2) is 28.1 Å². The second-order valence-electron chi connectivity index (χ2n) is 4.66. The molecule has 0 unspecified atom stereocenters. The van der Waals surface area contributed by atoms with Crippen LogP contribution in [0.5, 0.6) is 6.01 Å². The van der Waals surface area contributed by atoms with E-state index in [0.717, 1.165) is 19.4 Å². The summed E-state index contributed by atoms with van der Waals surface area (Å²) in [4.78, 5) is 12.2. The molecule has 0 aliphatic carbocycles. The summed E-state index contributed by atoms with van der Waals surface area (Å²) in [6, 6.07) is 8.56. The minimum absolute atomic E-state index is 0.134. The molecule has 2 aromatic rings. The lowest BCUT2D eigenvalue weighted by Crippen LogP contribution is -2.10. The van der Waals surface area contributed by atoms with Crippen LogP contribution in [0.4, 0.5) is 5.95 Å². The smallest absolute Gasteiger partial charge is 0.322 e. The highest BCUT2D eigenvalue weighted by atomic mass is 35.5. The molecule has 6 heteroatoms. The lowest BCUT2D eigenvalue weighted by atomic mass is 10.1. The van der Waals surface area contributed by atoms with Gasteiger partial charge in [0.1, 0.15) is 0 Å². The number of nitrogens with one attached hydrogen (secondary N) is 1. The van der Waals surface area contributed by atoms with Crippen molar-refractivity contribution in [1.29, 1.82) is 0 Å². The van der Waals surface area contributed by atoms with Crippen LogP contribution in [0.1, 0.15) is 24.5 Å². The Labute approximate surface area is 129 Å². The van der Waals surface area contributed by atoms with Gasteiger partial charge in [0.15, 0.2) is 0 Å². The van der Waals surface area contributed by atoms with Gasteiger partial charge in [-0.2, -0.15) is 15.0 Å². The normalized spacial score (nSPS) is 10.4. The quantitative estimate of drug-likeness (QED) is 0.850. The van der Waals surface area contributed by atoms with Crippen LogP contribution in [0, 0.1) is 6.92 Å². The third kappa shape index (κ3) is 4.86. The van der Waals surface area contributed by atoms with Gasteiger partial charge in [0.2, 0.25) is 11.2 Å². The summed E-state index contributed by atoms with van der Waals surface area (Å²) in [7, 11) is 0. The predicted octanol–water partition coefficient (Wildman–Crippen LogP) is 3.28. The van der Waals surface area contributed by atoms with E-state index < -0.39 is 0 Å². The van der Waals surface area contributed by atoms with E-state index in [9.17, 15) is 0 Å². The molecule has 0 spiro atoms. The zero-order valence-electron chi connectivity index (χ0n) is 12.3. The van der Waals surface area contributed by atoms with Crippen LogP contribution in [0.2, 0.25) is 5.28 Å². The molecule has 0 saturated carbocycles. The average Bonchev–Trinajstić information content (AvgIpc) is 2.47. The number of nitrogens with zero attached hydrogens (tertiary/aromatic N) is 3. The Morgan fingerprint density at radius 1 is 1.19 bits per heavy atom. The molecule has 0 radical (unpaired) electrons. The molecule has 0 bridgehead atoms. The van der Waals surface area contributed by atoms with Crippen LogP contribution < -0.4 is 10.1 Å². The Morgan fingerprint density at radius 2 is 2.00 bits per heavy atom. The van der Waals surface area contributed by atoms with Crippen molar-refractivity contribution in [3.8, 4) is 6.01 Å². The third-order valence-corrected chi connectivity index (χ3v) is 3.13. The first-order valence-electron chi connectivity index (χ1n) is 7.01. The molecule has 112 valence electrons. The Morgan fingerprint density at radius 3 is 2.76 bits per heavy atom. The summed E-state index contributed by atoms with van der Waals surface area (Å²) in [6.45, 7) is 5.40. The van der Waals surface area contributed by atoms with Gasteiger partial charge in [0.05, 0.1) is 6.61 Å². The summed E-state index contributed by atoms with van der Waals surface area (Å²) >= 11 is 5.87. The zero-order valence-corrected chi connectivity index (χ0v) is 13.0. The Bertz CT molecular complexity index is 592. The first kappa shape index (κ1) is 15.5. The fourth-order valence-corrected chi connectivity index (χ4v) is 2.02. The summed E-state index contributed by atoms with van der Waals surface area (Å²) in [5.74, 6) is 0.440. The molecule has 0 atom stereocenters. The van der Waals surface area contributed by atoms with Gasteiger partial charge in [-0.3, -0.25) is 0 Å². The predicted molar refractivity (Wildman–Crippen MR) is 84.0 cm³/mol. The largest absolute Gasteiger partial charge is 0.463 e. The van der Waals surface area contributed by atoms with Crippen molar-refractivity contribution in [3.05, 3.63) is 40.7 Å². The highest BCUT2D eigenvalue weighted by Crippen LogP contribution is 2.12. The molecule has 2 rings (SSSR count). The number of hydrogen-bond acceptors (Lipinski definition) is 5. The highest BCUT2D eigenvalue weighted by molar-refractivity contribution is 6.28. The molecule has 1 aromatic carbocycles. The summed E-state index contributed by atoms with van der Waals surface area (Å²) in [5.41, 5.74) is 2.58. The van der Waals surface area contributed by atoms with E-state index >= 15 is 0 Å². The van der Waals surface area contributed by atoms with Crippen molar-refractivity contribution < 1.29 is 4.74 Å². The molecule has 0 fully saturated rings. The van der Waals surface area contributed by atoms with Gasteiger partial charge >= 0.3 is 6.01 Å². The van der Waals surface area contributed by atoms with E-state index in [2.05, 4.69) is 39.3 Å². The van der Waals surface area contributed by atoms with Crippen molar-refractivity contribution in [2.75, 3.05) is 18.5 Å². The van der Waals surface area contributed by atoms with Crippen molar-refractivity contribution in [3.63, 3.8) is 0 Å².